The number of ether oxygens (including phenoxy) is 1. The summed E-state index contributed by atoms with van der Waals surface area (Å²) in [5.41, 5.74) is -5.49. The molecular weight excluding hydrogens is 497 g/mol. The van der Waals surface area contributed by atoms with Crippen LogP contribution in [0.25, 0.3) is 0 Å². The molecule has 0 rings (SSSR count). The standard InChI is InChI=1S/C17H22F13NO2/c1-3-31(8-12(32)33-2)5-4-10(14(19,20)21)6-11(15(22,23)24)7-13(9-18,16(25,26)27)17(28,29)30/h10-11H,3-9H2,1-2H3. The van der Waals surface area contributed by atoms with Crippen molar-refractivity contribution in [1.82, 2.24) is 4.90 Å². The lowest BCUT2D eigenvalue weighted by Crippen LogP contribution is -2.54. The minimum absolute atomic E-state index is 0.0600. The Hall–Kier alpha value is -1.48. The van der Waals surface area contributed by atoms with Gasteiger partial charge in [-0.1, -0.05) is 6.92 Å². The van der Waals surface area contributed by atoms with Gasteiger partial charge in [0.15, 0.2) is 5.41 Å². The zero-order chi connectivity index (χ0) is 26.5. The van der Waals surface area contributed by atoms with Crippen molar-refractivity contribution >= 4 is 5.97 Å². The third kappa shape index (κ3) is 8.67. The molecule has 0 aromatic heterocycles. The Balaban J connectivity index is 6.00. The number of esters is 1. The molecule has 2 unspecified atom stereocenters. The van der Waals surface area contributed by atoms with Crippen LogP contribution >= 0.6 is 0 Å². The molecular formula is C17H22F13NO2. The largest absolute Gasteiger partial charge is 0.468 e. The number of rotatable bonds is 11. The van der Waals surface area contributed by atoms with E-state index in [2.05, 4.69) is 4.74 Å². The number of methoxy groups -OCH3 is 1. The Labute approximate surface area is 180 Å². The lowest BCUT2D eigenvalue weighted by Gasteiger charge is -2.39. The molecule has 0 bridgehead atoms. The van der Waals surface area contributed by atoms with Gasteiger partial charge in [0.25, 0.3) is 0 Å². The van der Waals surface area contributed by atoms with Crippen LogP contribution < -0.4 is 0 Å². The fourth-order valence-corrected chi connectivity index (χ4v) is 3.04. The Morgan fingerprint density at radius 3 is 1.61 bits per heavy atom. The van der Waals surface area contributed by atoms with Crippen molar-refractivity contribution in [3.63, 3.8) is 0 Å². The third-order valence-corrected chi connectivity index (χ3v) is 5.22. The Kier molecular flexibility index (Phi) is 10.8. The molecule has 0 aliphatic rings. The van der Waals surface area contributed by atoms with E-state index in [4.69, 9.17) is 0 Å². The molecule has 0 fully saturated rings. The predicted molar refractivity (Wildman–Crippen MR) is 87.6 cm³/mol. The summed E-state index contributed by atoms with van der Waals surface area (Å²) in [6, 6.07) is 0. The summed E-state index contributed by atoms with van der Waals surface area (Å²) < 4.78 is 175. The van der Waals surface area contributed by atoms with Crippen LogP contribution in [-0.4, -0.2) is 69.0 Å². The summed E-state index contributed by atoms with van der Waals surface area (Å²) in [5.74, 6) is -7.63. The van der Waals surface area contributed by atoms with Gasteiger partial charge in [-0.25, -0.2) is 4.39 Å². The molecule has 0 N–H and O–H groups in total. The molecule has 16 heteroatoms. The molecule has 198 valence electrons. The minimum atomic E-state index is -6.54. The van der Waals surface area contributed by atoms with E-state index in [1.807, 2.05) is 0 Å². The van der Waals surface area contributed by atoms with Crippen molar-refractivity contribution < 1.29 is 66.6 Å². The van der Waals surface area contributed by atoms with E-state index in [1.165, 1.54) is 6.92 Å². The zero-order valence-corrected chi connectivity index (χ0v) is 17.3. The summed E-state index contributed by atoms with van der Waals surface area (Å²) >= 11 is 0. The maximum Gasteiger partial charge on any atom is 0.405 e. The second kappa shape index (κ2) is 11.3. The fraction of sp³-hybridized carbons (Fsp3) is 0.941. The van der Waals surface area contributed by atoms with Gasteiger partial charge in [-0.05, 0) is 32.4 Å². The number of carbonyl (C=O) groups is 1. The summed E-state index contributed by atoms with van der Waals surface area (Å²) in [6.07, 6.45) is -30.8. The lowest BCUT2D eigenvalue weighted by molar-refractivity contribution is -0.357. The second-order valence-electron chi connectivity index (χ2n) is 7.36. The number of likely N-dealkylation sites (N-methyl/N-ethyl adjacent to an activating group) is 1. The van der Waals surface area contributed by atoms with E-state index >= 15 is 0 Å². The van der Waals surface area contributed by atoms with E-state index in [1.54, 1.807) is 0 Å². The van der Waals surface area contributed by atoms with E-state index < -0.39 is 87.0 Å². The van der Waals surface area contributed by atoms with Gasteiger partial charge in [-0.15, -0.1) is 0 Å². The number of hydrogen-bond donors (Lipinski definition) is 0. The number of hydrogen-bond acceptors (Lipinski definition) is 3. The maximum atomic E-state index is 13.3. The molecule has 2 atom stereocenters. The Bertz CT molecular complexity index is 596. The first-order valence-electron chi connectivity index (χ1n) is 9.28. The Morgan fingerprint density at radius 1 is 0.848 bits per heavy atom. The first kappa shape index (κ1) is 31.5. The van der Waals surface area contributed by atoms with Crippen molar-refractivity contribution in [3.05, 3.63) is 0 Å². The van der Waals surface area contributed by atoms with Gasteiger partial charge in [-0.2, -0.15) is 52.7 Å². The minimum Gasteiger partial charge on any atom is -0.468 e. The monoisotopic (exact) mass is 519 g/mol. The van der Waals surface area contributed by atoms with E-state index in [9.17, 15) is 61.9 Å². The summed E-state index contributed by atoms with van der Waals surface area (Å²) in [7, 11) is 0.959. The van der Waals surface area contributed by atoms with Crippen LogP contribution in [0.5, 0.6) is 0 Å². The first-order chi connectivity index (χ1) is 14.7. The highest BCUT2D eigenvalue weighted by atomic mass is 19.4. The van der Waals surface area contributed by atoms with Gasteiger partial charge in [0.2, 0.25) is 0 Å². The third-order valence-electron chi connectivity index (χ3n) is 5.22. The van der Waals surface area contributed by atoms with Gasteiger partial charge in [-0.3, -0.25) is 9.69 Å². The molecule has 0 saturated carbocycles. The van der Waals surface area contributed by atoms with Crippen molar-refractivity contribution in [3.8, 4) is 0 Å². The number of alkyl halides is 13. The van der Waals surface area contributed by atoms with Crippen LogP contribution in [0.15, 0.2) is 0 Å². The zero-order valence-electron chi connectivity index (χ0n) is 17.3. The summed E-state index contributed by atoms with van der Waals surface area (Å²) in [5, 5.41) is 0. The van der Waals surface area contributed by atoms with Crippen molar-refractivity contribution in [1.29, 1.82) is 0 Å². The number of nitrogens with zero attached hydrogens (tertiary/aromatic N) is 1. The summed E-state index contributed by atoms with van der Waals surface area (Å²) in [6.45, 7) is -3.21. The molecule has 0 aromatic rings. The first-order valence-corrected chi connectivity index (χ1v) is 9.28. The lowest BCUT2D eigenvalue weighted by atomic mass is 9.75. The fourth-order valence-electron chi connectivity index (χ4n) is 3.04. The van der Waals surface area contributed by atoms with Crippen LogP contribution in [0.1, 0.15) is 26.2 Å². The highest BCUT2D eigenvalue weighted by Gasteiger charge is 2.72. The number of carbonyl (C=O) groups excluding carboxylic acids is 1. The van der Waals surface area contributed by atoms with Gasteiger partial charge in [0.1, 0.15) is 6.67 Å². The molecule has 0 radical (unpaired) electrons. The van der Waals surface area contributed by atoms with Crippen molar-refractivity contribution in [2.24, 2.45) is 17.3 Å². The second-order valence-corrected chi connectivity index (χ2v) is 7.36. The molecule has 0 heterocycles. The highest BCUT2D eigenvalue weighted by molar-refractivity contribution is 5.71. The van der Waals surface area contributed by atoms with Gasteiger partial charge in [0.05, 0.1) is 25.5 Å². The quantitative estimate of drug-likeness (QED) is 0.245. The Morgan fingerprint density at radius 2 is 1.30 bits per heavy atom. The average molecular weight is 519 g/mol. The van der Waals surface area contributed by atoms with E-state index in [0.717, 1.165) is 12.0 Å². The normalized spacial score (nSPS) is 16.1. The highest BCUT2D eigenvalue weighted by Crippen LogP contribution is 2.57. The van der Waals surface area contributed by atoms with Crippen molar-refractivity contribution in [2.75, 3.05) is 33.4 Å². The van der Waals surface area contributed by atoms with Crippen LogP contribution in [0.4, 0.5) is 57.1 Å². The van der Waals surface area contributed by atoms with Crippen LogP contribution in [0, 0.1) is 17.3 Å². The molecule has 3 nitrogen and oxygen atoms in total. The average Bonchev–Trinajstić information content (AvgIpc) is 2.61. The molecule has 0 aliphatic heterocycles. The SMILES string of the molecule is CCN(CCC(CC(CC(CF)(C(F)(F)F)C(F)(F)F)C(F)(F)F)C(F)(F)F)CC(=O)OC. The molecule has 0 aliphatic carbocycles. The predicted octanol–water partition coefficient (Wildman–Crippen LogP) is 6.09. The molecule has 33 heavy (non-hydrogen) atoms. The molecule has 0 saturated heterocycles. The van der Waals surface area contributed by atoms with Crippen LogP contribution in [0.2, 0.25) is 0 Å². The molecule has 0 amide bonds. The molecule has 0 spiro atoms. The smallest absolute Gasteiger partial charge is 0.405 e. The summed E-state index contributed by atoms with van der Waals surface area (Å²) in [4.78, 5) is 12.3. The van der Waals surface area contributed by atoms with Crippen molar-refractivity contribution in [2.45, 2.75) is 50.9 Å². The number of halogens is 13. The van der Waals surface area contributed by atoms with Crippen LogP contribution in [0.3, 0.4) is 0 Å². The maximum absolute atomic E-state index is 13.3. The van der Waals surface area contributed by atoms with Gasteiger partial charge < -0.3 is 4.74 Å². The van der Waals surface area contributed by atoms with E-state index in [0.29, 0.717) is 0 Å². The van der Waals surface area contributed by atoms with Crippen LogP contribution in [-0.2, 0) is 9.53 Å². The van der Waals surface area contributed by atoms with Gasteiger partial charge in [0, 0.05) is 0 Å². The topological polar surface area (TPSA) is 29.5 Å². The van der Waals surface area contributed by atoms with E-state index in [-0.39, 0.29) is 6.54 Å². The molecule has 0 aromatic carbocycles. The van der Waals surface area contributed by atoms with Gasteiger partial charge >= 0.3 is 30.7 Å².